The van der Waals surface area contributed by atoms with E-state index in [9.17, 15) is 10.1 Å². The summed E-state index contributed by atoms with van der Waals surface area (Å²) >= 11 is 6.70. The Morgan fingerprint density at radius 1 is 1.15 bits per heavy atom. The van der Waals surface area contributed by atoms with Crippen LogP contribution in [0.3, 0.4) is 0 Å². The van der Waals surface area contributed by atoms with Gasteiger partial charge in [-0.2, -0.15) is 8.75 Å². The molecule has 1 aromatic heterocycles. The van der Waals surface area contributed by atoms with Gasteiger partial charge in [0.2, 0.25) is 5.75 Å². The van der Waals surface area contributed by atoms with Gasteiger partial charge in [0.05, 0.1) is 16.7 Å². The predicted octanol–water partition coefficient (Wildman–Crippen LogP) is 4.05. The number of nitro groups is 1. The van der Waals surface area contributed by atoms with E-state index in [4.69, 9.17) is 16.3 Å². The van der Waals surface area contributed by atoms with E-state index in [1.807, 2.05) is 0 Å². The molecular weight excluding hydrogens is 302 g/mol. The van der Waals surface area contributed by atoms with E-state index < -0.39 is 4.92 Å². The summed E-state index contributed by atoms with van der Waals surface area (Å²) in [5.74, 6) is 0.581. The van der Waals surface area contributed by atoms with Crippen LogP contribution in [-0.2, 0) is 0 Å². The molecule has 0 aliphatic heterocycles. The third kappa shape index (κ3) is 2.28. The molecule has 0 bridgehead atoms. The number of fused-ring (bicyclic) bond motifs is 1. The molecule has 0 amide bonds. The number of ether oxygens (including phenoxy) is 1. The minimum absolute atomic E-state index is 0.123. The molecule has 3 aromatic rings. The maximum atomic E-state index is 11.2. The molecule has 0 saturated carbocycles. The molecule has 8 heteroatoms. The van der Waals surface area contributed by atoms with E-state index in [2.05, 4.69) is 8.75 Å². The highest BCUT2D eigenvalue weighted by Crippen LogP contribution is 2.36. The molecule has 20 heavy (non-hydrogen) atoms. The lowest BCUT2D eigenvalue weighted by Gasteiger charge is -2.06. The Morgan fingerprint density at radius 3 is 2.60 bits per heavy atom. The maximum absolute atomic E-state index is 11.2. The lowest BCUT2D eigenvalue weighted by Crippen LogP contribution is -1.94. The summed E-state index contributed by atoms with van der Waals surface area (Å²) in [6.07, 6.45) is 0. The SMILES string of the molecule is O=[N+]([O-])c1c(Oc2ccc(Cl)cc2)ccc2nsnc12. The van der Waals surface area contributed by atoms with Crippen LogP contribution in [0.4, 0.5) is 5.69 Å². The summed E-state index contributed by atoms with van der Waals surface area (Å²) in [5, 5.41) is 11.8. The van der Waals surface area contributed by atoms with Gasteiger partial charge < -0.3 is 4.74 Å². The molecule has 0 saturated heterocycles. The molecule has 2 aromatic carbocycles. The summed E-state index contributed by atoms with van der Waals surface area (Å²) in [4.78, 5) is 10.7. The van der Waals surface area contributed by atoms with Crippen LogP contribution in [0.25, 0.3) is 11.0 Å². The molecule has 1 heterocycles. The Morgan fingerprint density at radius 2 is 1.90 bits per heavy atom. The molecule has 0 aliphatic carbocycles. The van der Waals surface area contributed by atoms with E-state index in [-0.39, 0.29) is 17.0 Å². The number of rotatable bonds is 3. The standard InChI is InChI=1S/C12H6ClN3O3S/c13-7-1-3-8(4-2-7)19-10-6-5-9-11(15-20-14-9)12(10)16(17)18/h1-6H. The summed E-state index contributed by atoms with van der Waals surface area (Å²) in [6.45, 7) is 0. The zero-order chi connectivity index (χ0) is 14.1. The Balaban J connectivity index is 2.08. The topological polar surface area (TPSA) is 78.2 Å². The number of nitro benzene ring substituents is 1. The molecule has 0 aliphatic rings. The monoisotopic (exact) mass is 307 g/mol. The van der Waals surface area contributed by atoms with E-state index in [0.717, 1.165) is 11.7 Å². The van der Waals surface area contributed by atoms with Crippen LogP contribution >= 0.6 is 23.3 Å². The third-order valence-corrected chi connectivity index (χ3v) is 3.38. The highest BCUT2D eigenvalue weighted by Gasteiger charge is 2.23. The molecule has 0 atom stereocenters. The van der Waals surface area contributed by atoms with Gasteiger partial charge in [-0.25, -0.2) is 0 Å². The van der Waals surface area contributed by atoms with Gasteiger partial charge in [-0.15, -0.1) is 0 Å². The van der Waals surface area contributed by atoms with E-state index in [0.29, 0.717) is 16.3 Å². The van der Waals surface area contributed by atoms with Crippen molar-refractivity contribution in [1.29, 1.82) is 0 Å². The summed E-state index contributed by atoms with van der Waals surface area (Å²) in [5.41, 5.74) is 0.516. The number of halogens is 1. The van der Waals surface area contributed by atoms with Crippen LogP contribution < -0.4 is 4.74 Å². The smallest absolute Gasteiger partial charge is 0.340 e. The van der Waals surface area contributed by atoms with Crippen molar-refractivity contribution in [3.8, 4) is 11.5 Å². The van der Waals surface area contributed by atoms with Crippen molar-refractivity contribution in [2.75, 3.05) is 0 Å². The molecule has 0 fully saturated rings. The molecule has 3 rings (SSSR count). The van der Waals surface area contributed by atoms with Crippen LogP contribution in [0, 0.1) is 10.1 Å². The number of hydrogen-bond acceptors (Lipinski definition) is 6. The number of nitrogens with zero attached hydrogens (tertiary/aromatic N) is 3. The first-order valence-electron chi connectivity index (χ1n) is 5.48. The van der Waals surface area contributed by atoms with Gasteiger partial charge in [0.15, 0.2) is 5.52 Å². The molecule has 0 radical (unpaired) electrons. The van der Waals surface area contributed by atoms with Gasteiger partial charge in [-0.1, -0.05) is 11.6 Å². The van der Waals surface area contributed by atoms with Gasteiger partial charge in [0.25, 0.3) is 0 Å². The van der Waals surface area contributed by atoms with Crippen molar-refractivity contribution in [3.63, 3.8) is 0 Å². The average molecular weight is 308 g/mol. The van der Waals surface area contributed by atoms with Gasteiger partial charge in [0, 0.05) is 5.02 Å². The van der Waals surface area contributed by atoms with Crippen LogP contribution in [0.5, 0.6) is 11.5 Å². The highest BCUT2D eigenvalue weighted by molar-refractivity contribution is 7.00. The van der Waals surface area contributed by atoms with Crippen LogP contribution in [0.15, 0.2) is 36.4 Å². The quantitative estimate of drug-likeness (QED) is 0.539. The fourth-order valence-electron chi connectivity index (χ4n) is 1.71. The minimum Gasteiger partial charge on any atom is -0.450 e. The van der Waals surface area contributed by atoms with Crippen molar-refractivity contribution in [2.24, 2.45) is 0 Å². The molecular formula is C12H6ClN3O3S. The number of benzene rings is 2. The van der Waals surface area contributed by atoms with E-state index >= 15 is 0 Å². The van der Waals surface area contributed by atoms with Crippen molar-refractivity contribution >= 4 is 40.0 Å². The van der Waals surface area contributed by atoms with Crippen molar-refractivity contribution in [3.05, 3.63) is 51.5 Å². The van der Waals surface area contributed by atoms with Gasteiger partial charge >= 0.3 is 5.69 Å². The van der Waals surface area contributed by atoms with E-state index in [1.54, 1.807) is 30.3 Å². The van der Waals surface area contributed by atoms with Crippen LogP contribution in [0.1, 0.15) is 0 Å². The molecule has 100 valence electrons. The lowest BCUT2D eigenvalue weighted by molar-refractivity contribution is -0.384. The summed E-state index contributed by atoms with van der Waals surface area (Å²) in [6, 6.07) is 9.70. The largest absolute Gasteiger partial charge is 0.450 e. The average Bonchev–Trinajstić information content (AvgIpc) is 2.89. The molecule has 0 N–H and O–H groups in total. The number of hydrogen-bond donors (Lipinski definition) is 0. The summed E-state index contributed by atoms with van der Waals surface area (Å²) in [7, 11) is 0. The van der Waals surface area contributed by atoms with Crippen molar-refractivity contribution in [2.45, 2.75) is 0 Å². The first-order chi connectivity index (χ1) is 9.65. The second-order valence-corrected chi connectivity index (χ2v) is 4.82. The lowest BCUT2D eigenvalue weighted by atomic mass is 10.2. The van der Waals surface area contributed by atoms with Crippen LogP contribution in [-0.4, -0.2) is 13.7 Å². The Bertz CT molecular complexity index is 788. The normalized spacial score (nSPS) is 10.7. The summed E-state index contributed by atoms with van der Waals surface area (Å²) < 4.78 is 13.5. The fraction of sp³-hybridized carbons (Fsp3) is 0. The minimum atomic E-state index is -0.519. The van der Waals surface area contributed by atoms with Gasteiger partial charge in [-0.3, -0.25) is 10.1 Å². The van der Waals surface area contributed by atoms with Gasteiger partial charge in [0.1, 0.15) is 11.3 Å². The zero-order valence-electron chi connectivity index (χ0n) is 9.82. The molecule has 0 spiro atoms. The molecule has 0 unspecified atom stereocenters. The predicted molar refractivity (Wildman–Crippen MR) is 75.6 cm³/mol. The second-order valence-electron chi connectivity index (χ2n) is 3.86. The Kier molecular flexibility index (Phi) is 3.21. The van der Waals surface area contributed by atoms with Crippen molar-refractivity contribution < 1.29 is 9.66 Å². The molecule has 6 nitrogen and oxygen atoms in total. The first kappa shape index (κ1) is 12.8. The fourth-order valence-corrected chi connectivity index (χ4v) is 2.37. The van der Waals surface area contributed by atoms with Gasteiger partial charge in [-0.05, 0) is 36.4 Å². The number of aromatic nitrogens is 2. The van der Waals surface area contributed by atoms with Crippen LogP contribution in [0.2, 0.25) is 5.02 Å². The first-order valence-corrected chi connectivity index (χ1v) is 6.59. The second kappa shape index (κ2) is 5.03. The van der Waals surface area contributed by atoms with Crippen molar-refractivity contribution in [1.82, 2.24) is 8.75 Å². The zero-order valence-corrected chi connectivity index (χ0v) is 11.4. The Hall–Kier alpha value is -2.25. The van der Waals surface area contributed by atoms with E-state index in [1.165, 1.54) is 6.07 Å². The third-order valence-electron chi connectivity index (χ3n) is 2.59. The maximum Gasteiger partial charge on any atom is 0.340 e. The Labute approximate surface area is 122 Å². The highest BCUT2D eigenvalue weighted by atomic mass is 35.5.